The lowest BCUT2D eigenvalue weighted by molar-refractivity contribution is -0.120. The molecule has 1 saturated heterocycles. The van der Waals surface area contributed by atoms with Crippen molar-refractivity contribution in [1.82, 2.24) is 19.7 Å². The maximum atomic E-state index is 14.2. The Morgan fingerprint density at radius 2 is 1.62 bits per heavy atom. The fourth-order valence-electron chi connectivity index (χ4n) is 7.02. The molecule has 2 amide bonds. The third kappa shape index (κ3) is 5.73. The van der Waals surface area contributed by atoms with E-state index < -0.39 is 28.8 Å². The van der Waals surface area contributed by atoms with Crippen LogP contribution in [0.4, 0.5) is 32.7 Å². The number of carbonyl (C=O) groups is 3. The van der Waals surface area contributed by atoms with Crippen LogP contribution in [-0.4, -0.2) is 62.1 Å². The fourth-order valence-corrected chi connectivity index (χ4v) is 7.27. The number of imide groups is 1. The number of amides is 2. The summed E-state index contributed by atoms with van der Waals surface area (Å²) in [6.07, 6.45) is -0.867. The zero-order chi connectivity index (χ0) is 36.1. The first-order chi connectivity index (χ1) is 23.4. The maximum absolute atomic E-state index is 14.2. The van der Waals surface area contributed by atoms with E-state index in [2.05, 4.69) is 32.2 Å². The molecule has 2 aliphatic heterocycles. The smallest absolute Gasteiger partial charge is 0.435 e. The van der Waals surface area contributed by atoms with Crippen LogP contribution in [-0.2, 0) is 19.7 Å². The number of aryl methyl sites for hydroxylation is 2. The van der Waals surface area contributed by atoms with Gasteiger partial charge in [0.25, 0.3) is 0 Å². The van der Waals surface area contributed by atoms with Crippen molar-refractivity contribution in [3.05, 3.63) is 63.9 Å². The van der Waals surface area contributed by atoms with E-state index in [1.54, 1.807) is 48.5 Å². The Hall–Kier alpha value is -4.71. The van der Waals surface area contributed by atoms with Crippen LogP contribution in [0.1, 0.15) is 83.3 Å². The molecule has 13 heteroatoms. The molecule has 12 nitrogen and oxygen atoms in total. The Balaban J connectivity index is 1.29. The van der Waals surface area contributed by atoms with Crippen LogP contribution in [0.25, 0.3) is 10.9 Å². The van der Waals surface area contributed by atoms with E-state index in [1.807, 2.05) is 43.3 Å². The molecular formula is C37H42ClN7O5. The first kappa shape index (κ1) is 33.8. The Labute approximate surface area is 296 Å². The van der Waals surface area contributed by atoms with Gasteiger partial charge in [0.05, 0.1) is 16.6 Å². The number of halogens is 1. The number of carbonyl (C=O) groups excluding carboxylic acids is 3. The topological polar surface area (TPSA) is 132 Å². The molecule has 2 fully saturated rings. The first-order valence-electron chi connectivity index (χ1n) is 16.9. The summed E-state index contributed by atoms with van der Waals surface area (Å²) in [5, 5.41) is 8.92. The highest BCUT2D eigenvalue weighted by Crippen LogP contribution is 2.66. The minimum absolute atomic E-state index is 0.258. The highest BCUT2D eigenvalue weighted by atomic mass is 35.5. The summed E-state index contributed by atoms with van der Waals surface area (Å²) in [4.78, 5) is 53.6. The first-order valence-corrected chi connectivity index (χ1v) is 17.2. The summed E-state index contributed by atoms with van der Waals surface area (Å²) >= 11 is 6.85. The summed E-state index contributed by atoms with van der Waals surface area (Å²) in [6, 6.07) is 11.4. The van der Waals surface area contributed by atoms with Crippen LogP contribution in [0.15, 0.2) is 36.4 Å². The average Bonchev–Trinajstić information content (AvgIpc) is 3.58. The molecule has 50 heavy (non-hydrogen) atoms. The van der Waals surface area contributed by atoms with Gasteiger partial charge in [-0.05, 0) is 97.1 Å². The van der Waals surface area contributed by atoms with Crippen LogP contribution in [0.2, 0.25) is 5.02 Å². The molecule has 0 unspecified atom stereocenters. The van der Waals surface area contributed by atoms with Crippen molar-refractivity contribution in [2.75, 3.05) is 28.2 Å². The number of fused-ring (bicyclic) bond motifs is 3. The van der Waals surface area contributed by atoms with Gasteiger partial charge in [0.15, 0.2) is 17.5 Å². The van der Waals surface area contributed by atoms with Crippen molar-refractivity contribution in [2.45, 2.75) is 91.3 Å². The number of anilines is 4. The third-order valence-corrected chi connectivity index (χ3v) is 9.56. The molecule has 262 valence electrons. The highest BCUT2D eigenvalue weighted by Gasteiger charge is 2.68. The molecule has 1 N–H and O–H groups in total. The van der Waals surface area contributed by atoms with Crippen LogP contribution < -0.4 is 15.1 Å². The van der Waals surface area contributed by atoms with Crippen molar-refractivity contribution < 1.29 is 23.9 Å². The highest BCUT2D eigenvalue weighted by molar-refractivity contribution is 6.35. The van der Waals surface area contributed by atoms with Crippen molar-refractivity contribution in [3.8, 4) is 0 Å². The second-order valence-electron chi connectivity index (χ2n) is 15.8. The summed E-state index contributed by atoms with van der Waals surface area (Å²) in [6.45, 7) is 18.3. The minimum atomic E-state index is -0.944. The second kappa shape index (κ2) is 11.4. The van der Waals surface area contributed by atoms with Crippen LogP contribution in [0.5, 0.6) is 0 Å². The van der Waals surface area contributed by atoms with Crippen LogP contribution in [0, 0.1) is 19.8 Å². The maximum Gasteiger partial charge on any atom is 0.435 e. The molecule has 2 aromatic carbocycles. The summed E-state index contributed by atoms with van der Waals surface area (Å²) in [5.41, 5.74) is 1.12. The molecule has 1 spiro atoms. The van der Waals surface area contributed by atoms with Crippen LogP contribution in [0.3, 0.4) is 0 Å². The Morgan fingerprint density at radius 1 is 0.940 bits per heavy atom. The molecule has 3 aliphatic rings. The van der Waals surface area contributed by atoms with E-state index in [-0.39, 0.29) is 11.8 Å². The average molecular weight is 700 g/mol. The molecular weight excluding hydrogens is 658 g/mol. The van der Waals surface area contributed by atoms with Gasteiger partial charge >= 0.3 is 12.2 Å². The Bertz CT molecular complexity index is 2090. The number of hydrogen-bond acceptors (Lipinski definition) is 10. The van der Waals surface area contributed by atoms with Gasteiger partial charge in [-0.3, -0.25) is 4.79 Å². The monoisotopic (exact) mass is 699 g/mol. The Morgan fingerprint density at radius 3 is 2.28 bits per heavy atom. The van der Waals surface area contributed by atoms with Gasteiger partial charge in [0.1, 0.15) is 22.0 Å². The van der Waals surface area contributed by atoms with Gasteiger partial charge in [-0.25, -0.2) is 24.5 Å². The zero-order valence-corrected chi connectivity index (χ0v) is 30.6. The molecule has 4 aromatic rings. The van der Waals surface area contributed by atoms with Crippen molar-refractivity contribution in [1.29, 1.82) is 0 Å². The van der Waals surface area contributed by atoms with E-state index >= 15 is 0 Å². The quantitative estimate of drug-likeness (QED) is 0.225. The van der Waals surface area contributed by atoms with E-state index in [1.165, 1.54) is 9.58 Å². The standard InChI is InChI=1S/C37H42ClN7O5/c1-19-10-13-26-24(14-19)37(32(46)44(26)33(47)49-35(4,5)6)16-25(37)22-11-12-23-27(15-22)45(34(48)50-36(7,8)9)42-29(23)41-30-28(38)31(40-21(3)39-30)43-17-20(2)18-43/h10-15,20,25H,16-18H2,1-9H3,(H,39,40,41,42)/t25-,37-/m0/s1. The van der Waals surface area contributed by atoms with Crippen molar-refractivity contribution in [2.24, 2.45) is 5.92 Å². The zero-order valence-electron chi connectivity index (χ0n) is 29.8. The largest absolute Gasteiger partial charge is 0.443 e. The number of ether oxygens (including phenoxy) is 2. The van der Waals surface area contributed by atoms with E-state index in [9.17, 15) is 14.4 Å². The minimum Gasteiger partial charge on any atom is -0.443 e. The molecule has 2 atom stereocenters. The second-order valence-corrected chi connectivity index (χ2v) is 16.2. The van der Waals surface area contributed by atoms with Gasteiger partial charge < -0.3 is 19.7 Å². The van der Waals surface area contributed by atoms with Crippen molar-refractivity contribution in [3.63, 3.8) is 0 Å². The molecule has 2 aromatic heterocycles. The predicted molar refractivity (Wildman–Crippen MR) is 192 cm³/mol. The van der Waals surface area contributed by atoms with Gasteiger partial charge in [-0.1, -0.05) is 42.3 Å². The number of nitrogens with one attached hydrogen (secondary N) is 1. The lowest BCUT2D eigenvalue weighted by atomic mass is 9.91. The lowest BCUT2D eigenvalue weighted by Crippen LogP contribution is -2.45. The summed E-state index contributed by atoms with van der Waals surface area (Å²) < 4.78 is 12.6. The van der Waals surface area contributed by atoms with Crippen molar-refractivity contribution >= 4 is 63.7 Å². The summed E-state index contributed by atoms with van der Waals surface area (Å²) in [7, 11) is 0. The molecule has 0 bridgehead atoms. The lowest BCUT2D eigenvalue weighted by Gasteiger charge is -2.38. The molecule has 4 heterocycles. The number of benzene rings is 2. The van der Waals surface area contributed by atoms with Gasteiger partial charge in [0.2, 0.25) is 5.91 Å². The fraction of sp³-hybridized carbons (Fsp3) is 0.459. The van der Waals surface area contributed by atoms with E-state index in [0.29, 0.717) is 57.2 Å². The molecule has 1 aliphatic carbocycles. The third-order valence-electron chi connectivity index (χ3n) is 9.22. The molecule has 1 saturated carbocycles. The summed E-state index contributed by atoms with van der Waals surface area (Å²) in [5.74, 6) is 1.89. The van der Waals surface area contributed by atoms with E-state index in [4.69, 9.17) is 21.1 Å². The number of aromatic nitrogens is 4. The van der Waals surface area contributed by atoms with Gasteiger partial charge in [-0.2, -0.15) is 4.68 Å². The number of rotatable bonds is 4. The van der Waals surface area contributed by atoms with Gasteiger partial charge in [-0.15, -0.1) is 5.10 Å². The molecule has 0 radical (unpaired) electrons. The number of hydrogen-bond donors (Lipinski definition) is 1. The van der Waals surface area contributed by atoms with Crippen LogP contribution >= 0.6 is 11.6 Å². The predicted octanol–water partition coefficient (Wildman–Crippen LogP) is 7.79. The Kier molecular flexibility index (Phi) is 7.71. The molecule has 7 rings (SSSR count). The normalized spacial score (nSPS) is 20.3. The van der Waals surface area contributed by atoms with E-state index in [0.717, 1.165) is 29.8 Å². The SMILES string of the molecule is Cc1ccc2c(c1)[C@]1(C[C@H]1c1ccc3c(Nc4nc(C)nc(N5CC(C)C5)c4Cl)nn(C(=O)OC(C)(C)C)c3c1)C(=O)N2C(=O)OC(C)(C)C. The van der Waals surface area contributed by atoms with Gasteiger partial charge in [0, 0.05) is 24.4 Å². The number of nitrogens with zero attached hydrogens (tertiary/aromatic N) is 6.